The van der Waals surface area contributed by atoms with Gasteiger partial charge in [0.2, 0.25) is 0 Å². The minimum Gasteiger partial charge on any atom is -0.380 e. The van der Waals surface area contributed by atoms with Crippen LogP contribution in [0.15, 0.2) is 0 Å². The minimum atomic E-state index is -5.68. The van der Waals surface area contributed by atoms with Crippen LogP contribution in [-0.2, 0) is 0 Å². The second-order valence-corrected chi connectivity index (χ2v) is 7.95. The molecule has 1 aliphatic carbocycles. The van der Waals surface area contributed by atoms with Crippen LogP contribution in [0.5, 0.6) is 0 Å². The lowest BCUT2D eigenvalue weighted by Crippen LogP contribution is -2.51. The van der Waals surface area contributed by atoms with Gasteiger partial charge in [-0.25, -0.2) is 0 Å². The number of rotatable bonds is 6. The molecule has 0 spiro atoms. The molecular weight excluding hydrogens is 452 g/mol. The summed E-state index contributed by atoms with van der Waals surface area (Å²) >= 11 is 0. The van der Waals surface area contributed by atoms with Crippen molar-refractivity contribution in [1.82, 2.24) is 0 Å². The third-order valence-corrected chi connectivity index (χ3v) is 5.19. The molecule has 14 heteroatoms. The molecule has 0 aromatic heterocycles. The van der Waals surface area contributed by atoms with Gasteiger partial charge in [0.05, 0.1) is 12.8 Å². The molecule has 4 atom stereocenters. The first-order valence-electron chi connectivity index (χ1n) is 8.79. The lowest BCUT2D eigenvalue weighted by atomic mass is 9.71. The summed E-state index contributed by atoms with van der Waals surface area (Å²) in [5.74, 6) is -2.64. The van der Waals surface area contributed by atoms with E-state index in [1.54, 1.807) is 0 Å². The lowest BCUT2D eigenvalue weighted by molar-refractivity contribution is -0.303. The van der Waals surface area contributed by atoms with E-state index in [1.807, 2.05) is 0 Å². The van der Waals surface area contributed by atoms with Crippen LogP contribution in [-0.4, -0.2) is 46.1 Å². The van der Waals surface area contributed by atoms with E-state index in [2.05, 4.69) is 0 Å². The summed E-state index contributed by atoms with van der Waals surface area (Å²) in [7, 11) is 0. The van der Waals surface area contributed by atoms with Gasteiger partial charge in [0, 0.05) is 0 Å². The molecule has 2 nitrogen and oxygen atoms in total. The maximum absolute atomic E-state index is 13.0. The van der Waals surface area contributed by atoms with Gasteiger partial charge in [-0.3, -0.25) is 0 Å². The number of hydrogen-bond acceptors (Lipinski definition) is 2. The number of halogens is 12. The first-order valence-corrected chi connectivity index (χ1v) is 8.79. The highest BCUT2D eigenvalue weighted by Gasteiger charge is 2.61. The maximum atomic E-state index is 13.0. The largest absolute Gasteiger partial charge is 0.417 e. The summed E-state index contributed by atoms with van der Waals surface area (Å²) in [6.07, 6.45) is -31.3. The summed E-state index contributed by atoms with van der Waals surface area (Å²) in [5.41, 5.74) is -8.35. The van der Waals surface area contributed by atoms with Gasteiger partial charge in [-0.05, 0) is 31.1 Å². The van der Waals surface area contributed by atoms with Gasteiger partial charge in [-0.2, -0.15) is 52.7 Å². The molecule has 0 bridgehead atoms. The second kappa shape index (κ2) is 8.55. The molecule has 1 saturated carbocycles. The molecule has 0 aliphatic heterocycles. The van der Waals surface area contributed by atoms with Gasteiger partial charge in [0.25, 0.3) is 0 Å². The summed E-state index contributed by atoms with van der Waals surface area (Å²) in [6.45, 7) is 0. The van der Waals surface area contributed by atoms with Gasteiger partial charge < -0.3 is 10.2 Å². The molecule has 4 unspecified atom stereocenters. The van der Waals surface area contributed by atoms with Crippen LogP contribution in [0.3, 0.4) is 0 Å². The molecule has 1 aliphatic rings. The van der Waals surface area contributed by atoms with Crippen molar-refractivity contribution in [2.45, 2.75) is 87.3 Å². The molecule has 0 amide bonds. The maximum Gasteiger partial charge on any atom is 0.417 e. The number of hydrogen-bond donors (Lipinski definition) is 2. The Bertz CT molecular complexity index is 517. The summed E-state index contributed by atoms with van der Waals surface area (Å²) in [5, 5.41) is 19.2. The van der Waals surface area contributed by atoms with Gasteiger partial charge in [0.15, 0.2) is 11.2 Å². The van der Waals surface area contributed by atoms with E-state index >= 15 is 0 Å². The van der Waals surface area contributed by atoms with Gasteiger partial charge >= 0.3 is 24.7 Å². The van der Waals surface area contributed by atoms with E-state index in [1.165, 1.54) is 0 Å². The van der Waals surface area contributed by atoms with Crippen LogP contribution in [0, 0.1) is 11.8 Å². The normalized spacial score (nSPS) is 26.2. The average molecular weight is 472 g/mol. The smallest absolute Gasteiger partial charge is 0.380 e. The highest BCUT2D eigenvalue weighted by molar-refractivity contribution is 4.95. The zero-order chi connectivity index (χ0) is 23.8. The SMILES string of the molecule is OC(CC1CCCC(CC(O)(CC(F)(F)F)C(F)(F)F)C1)(CC(F)(F)F)C(F)(F)F. The van der Waals surface area contributed by atoms with E-state index in [9.17, 15) is 62.9 Å². The standard InChI is InChI=1S/C16H20F12O2/c17-13(18,19)7-11(29,15(23,24)25)5-9-2-1-3-10(4-9)6-12(30,16(26,27)28)8-14(20,21)22/h9-10,29-30H,1-8H2. The topological polar surface area (TPSA) is 40.5 Å². The van der Waals surface area contributed by atoms with E-state index < -0.39 is 79.8 Å². The van der Waals surface area contributed by atoms with Crippen LogP contribution in [0.4, 0.5) is 52.7 Å². The Balaban J connectivity index is 2.99. The molecule has 180 valence electrons. The van der Waals surface area contributed by atoms with E-state index in [0.717, 1.165) is 0 Å². The fraction of sp³-hybridized carbons (Fsp3) is 1.00. The Hall–Kier alpha value is -0.920. The Morgan fingerprint density at radius 1 is 0.567 bits per heavy atom. The first kappa shape index (κ1) is 27.1. The molecular formula is C16H20F12O2. The monoisotopic (exact) mass is 472 g/mol. The average Bonchev–Trinajstić information content (AvgIpc) is 2.40. The molecule has 0 radical (unpaired) electrons. The van der Waals surface area contributed by atoms with Gasteiger partial charge in [-0.15, -0.1) is 0 Å². The van der Waals surface area contributed by atoms with Gasteiger partial charge in [-0.1, -0.05) is 19.3 Å². The van der Waals surface area contributed by atoms with Crippen LogP contribution >= 0.6 is 0 Å². The molecule has 0 heterocycles. The Labute approximate surface area is 163 Å². The first-order chi connectivity index (χ1) is 13.1. The Kier molecular flexibility index (Phi) is 7.73. The van der Waals surface area contributed by atoms with E-state index in [4.69, 9.17) is 0 Å². The zero-order valence-electron chi connectivity index (χ0n) is 15.2. The fourth-order valence-corrected chi connectivity index (χ4v) is 3.97. The number of aliphatic hydroxyl groups is 2. The molecule has 2 N–H and O–H groups in total. The van der Waals surface area contributed by atoms with Crippen molar-refractivity contribution in [3.8, 4) is 0 Å². The third kappa shape index (κ3) is 7.65. The Morgan fingerprint density at radius 3 is 1.10 bits per heavy atom. The highest BCUT2D eigenvalue weighted by Crippen LogP contribution is 2.49. The summed E-state index contributed by atoms with van der Waals surface area (Å²) in [4.78, 5) is 0. The van der Waals surface area contributed by atoms with E-state index in [-0.39, 0.29) is 19.3 Å². The minimum absolute atomic E-state index is 0.0742. The fourth-order valence-electron chi connectivity index (χ4n) is 3.97. The van der Waals surface area contributed by atoms with Crippen molar-refractivity contribution in [3.63, 3.8) is 0 Å². The second-order valence-electron chi connectivity index (χ2n) is 7.95. The highest BCUT2D eigenvalue weighted by atomic mass is 19.4. The third-order valence-electron chi connectivity index (χ3n) is 5.19. The molecule has 0 aromatic rings. The predicted molar refractivity (Wildman–Crippen MR) is 78.0 cm³/mol. The number of alkyl halides is 12. The molecule has 30 heavy (non-hydrogen) atoms. The molecule has 1 fully saturated rings. The van der Waals surface area contributed by atoms with Crippen molar-refractivity contribution in [2.24, 2.45) is 11.8 Å². The van der Waals surface area contributed by atoms with Crippen LogP contribution < -0.4 is 0 Å². The quantitative estimate of drug-likeness (QED) is 0.461. The van der Waals surface area contributed by atoms with Crippen LogP contribution in [0.2, 0.25) is 0 Å². The van der Waals surface area contributed by atoms with Crippen LogP contribution in [0.1, 0.15) is 51.4 Å². The van der Waals surface area contributed by atoms with E-state index in [0.29, 0.717) is 0 Å². The van der Waals surface area contributed by atoms with Crippen molar-refractivity contribution in [1.29, 1.82) is 0 Å². The lowest BCUT2D eigenvalue weighted by Gasteiger charge is -2.40. The molecule has 1 rings (SSSR count). The summed E-state index contributed by atoms with van der Waals surface area (Å²) < 4.78 is 153. The summed E-state index contributed by atoms with van der Waals surface area (Å²) in [6, 6.07) is 0. The molecule has 0 aromatic carbocycles. The zero-order valence-corrected chi connectivity index (χ0v) is 15.2. The predicted octanol–water partition coefficient (Wildman–Crippen LogP) is 6.06. The molecule has 0 saturated heterocycles. The Morgan fingerprint density at radius 2 is 0.867 bits per heavy atom. The van der Waals surface area contributed by atoms with Crippen molar-refractivity contribution < 1.29 is 62.9 Å². The van der Waals surface area contributed by atoms with Gasteiger partial charge in [0.1, 0.15) is 0 Å². The van der Waals surface area contributed by atoms with Crippen molar-refractivity contribution in [3.05, 3.63) is 0 Å². The van der Waals surface area contributed by atoms with Crippen LogP contribution in [0.25, 0.3) is 0 Å². The van der Waals surface area contributed by atoms with Crippen molar-refractivity contribution >= 4 is 0 Å². The van der Waals surface area contributed by atoms with Crippen molar-refractivity contribution in [2.75, 3.05) is 0 Å².